The Bertz CT molecular complexity index is 316. The lowest BCUT2D eigenvalue weighted by molar-refractivity contribution is 0.823. The van der Waals surface area contributed by atoms with E-state index in [9.17, 15) is 0 Å². The van der Waals surface area contributed by atoms with E-state index in [0.29, 0.717) is 5.92 Å². The molecule has 0 radical (unpaired) electrons. The van der Waals surface area contributed by atoms with Gasteiger partial charge >= 0.3 is 0 Å². The molecule has 0 aliphatic rings. The molecule has 0 heterocycles. The first-order valence-corrected chi connectivity index (χ1v) is 5.49. The molecule has 0 amide bonds. The third-order valence-electron chi connectivity index (χ3n) is 1.75. The van der Waals surface area contributed by atoms with Crippen molar-refractivity contribution >= 4 is 34.6 Å². The lowest BCUT2D eigenvalue weighted by atomic mass is 10.1. The molecule has 0 atom stereocenters. The highest BCUT2D eigenvalue weighted by Crippen LogP contribution is 2.19. The van der Waals surface area contributed by atoms with Gasteiger partial charge in [0, 0.05) is 4.47 Å². The first-order valence-electron chi connectivity index (χ1n) is 4.25. The zero-order valence-corrected chi connectivity index (χ0v) is 10.3. The molecule has 0 unspecified atom stereocenters. The normalized spacial score (nSPS) is 12.2. The van der Waals surface area contributed by atoms with Crippen molar-refractivity contribution in [3.63, 3.8) is 0 Å². The Morgan fingerprint density at radius 1 is 1.46 bits per heavy atom. The second-order valence-corrected chi connectivity index (χ2v) is 4.71. The average molecular weight is 257 g/mol. The third kappa shape index (κ3) is 3.57. The van der Waals surface area contributed by atoms with Gasteiger partial charge in [0.15, 0.2) is 0 Å². The predicted octanol–water partition coefficient (Wildman–Crippen LogP) is 4.38. The van der Waals surface area contributed by atoms with Crippen molar-refractivity contribution in [2.24, 2.45) is 5.92 Å². The fourth-order valence-corrected chi connectivity index (χ4v) is 1.50. The van der Waals surface area contributed by atoms with Gasteiger partial charge in [-0.3, -0.25) is 0 Å². The Morgan fingerprint density at radius 2 is 2.15 bits per heavy atom. The zero-order valence-electron chi connectivity index (χ0n) is 7.79. The standard InChI is InChI=1S/C11H13BrS/c1-8(2)11(13)7-9-4-3-5-10(12)6-9/h3-8,13H,1-2H3/b11-7-. The molecule has 0 aromatic heterocycles. The lowest BCUT2D eigenvalue weighted by Gasteiger charge is -2.03. The highest BCUT2D eigenvalue weighted by molar-refractivity contribution is 9.10. The van der Waals surface area contributed by atoms with Crippen molar-refractivity contribution in [1.29, 1.82) is 0 Å². The smallest absolute Gasteiger partial charge is 0.0181 e. The van der Waals surface area contributed by atoms with Crippen molar-refractivity contribution in [2.45, 2.75) is 13.8 Å². The molecule has 0 saturated heterocycles. The summed E-state index contributed by atoms with van der Waals surface area (Å²) >= 11 is 7.85. The minimum atomic E-state index is 0.488. The highest BCUT2D eigenvalue weighted by atomic mass is 79.9. The third-order valence-corrected chi connectivity index (χ3v) is 2.89. The van der Waals surface area contributed by atoms with Crippen LogP contribution in [0.15, 0.2) is 33.6 Å². The number of rotatable bonds is 2. The van der Waals surface area contributed by atoms with Crippen LogP contribution in [0, 0.1) is 5.92 Å². The van der Waals surface area contributed by atoms with Crippen LogP contribution in [0.5, 0.6) is 0 Å². The fraction of sp³-hybridized carbons (Fsp3) is 0.273. The lowest BCUT2D eigenvalue weighted by Crippen LogP contribution is -1.85. The summed E-state index contributed by atoms with van der Waals surface area (Å²) in [5.74, 6) is 0.488. The molecule has 1 aromatic rings. The maximum atomic E-state index is 4.42. The van der Waals surface area contributed by atoms with E-state index < -0.39 is 0 Å². The van der Waals surface area contributed by atoms with Crippen molar-refractivity contribution < 1.29 is 0 Å². The molecule has 0 spiro atoms. The SMILES string of the molecule is CC(C)/C(S)=C/c1cccc(Br)c1. The summed E-state index contributed by atoms with van der Waals surface area (Å²) in [7, 11) is 0. The van der Waals surface area contributed by atoms with E-state index in [1.165, 1.54) is 5.56 Å². The van der Waals surface area contributed by atoms with Gasteiger partial charge in [-0.2, -0.15) is 0 Å². The van der Waals surface area contributed by atoms with Gasteiger partial charge in [0.05, 0.1) is 0 Å². The molecule has 0 saturated carbocycles. The summed E-state index contributed by atoms with van der Waals surface area (Å²) in [6, 6.07) is 8.20. The van der Waals surface area contributed by atoms with Gasteiger partial charge in [-0.05, 0) is 34.6 Å². The number of thiol groups is 1. The molecular formula is C11H13BrS. The van der Waals surface area contributed by atoms with Crippen LogP contribution in [0.3, 0.4) is 0 Å². The predicted molar refractivity (Wildman–Crippen MR) is 65.9 cm³/mol. The molecular weight excluding hydrogens is 244 g/mol. The number of benzene rings is 1. The average Bonchev–Trinajstić information content (AvgIpc) is 2.04. The van der Waals surface area contributed by atoms with Crippen LogP contribution in [0.25, 0.3) is 6.08 Å². The summed E-state index contributed by atoms with van der Waals surface area (Å²) < 4.78 is 1.10. The van der Waals surface area contributed by atoms with Gasteiger partial charge in [0.1, 0.15) is 0 Å². The minimum Gasteiger partial charge on any atom is -0.148 e. The van der Waals surface area contributed by atoms with Gasteiger partial charge in [-0.15, -0.1) is 12.6 Å². The van der Waals surface area contributed by atoms with E-state index in [-0.39, 0.29) is 0 Å². The molecule has 0 nitrogen and oxygen atoms in total. The molecule has 0 aliphatic heterocycles. The fourth-order valence-electron chi connectivity index (χ4n) is 0.934. The molecule has 0 bridgehead atoms. The van der Waals surface area contributed by atoms with Crippen LogP contribution in [0.4, 0.5) is 0 Å². The number of hydrogen-bond donors (Lipinski definition) is 1. The van der Waals surface area contributed by atoms with E-state index in [1.54, 1.807) is 0 Å². The van der Waals surface area contributed by atoms with E-state index in [4.69, 9.17) is 0 Å². The molecule has 2 heteroatoms. The first-order chi connectivity index (χ1) is 6.09. The van der Waals surface area contributed by atoms with E-state index >= 15 is 0 Å². The Morgan fingerprint density at radius 3 is 2.69 bits per heavy atom. The molecule has 1 rings (SSSR count). The van der Waals surface area contributed by atoms with E-state index in [1.807, 2.05) is 12.1 Å². The minimum absolute atomic E-state index is 0.488. The zero-order chi connectivity index (χ0) is 9.84. The van der Waals surface area contributed by atoms with E-state index in [2.05, 4.69) is 60.6 Å². The van der Waals surface area contributed by atoms with Gasteiger partial charge in [-0.1, -0.05) is 41.9 Å². The number of allylic oxidation sites excluding steroid dienone is 1. The van der Waals surface area contributed by atoms with Crippen LogP contribution in [-0.2, 0) is 0 Å². The summed E-state index contributed by atoms with van der Waals surface area (Å²) in [5.41, 5.74) is 1.19. The second kappa shape index (κ2) is 4.87. The Hall–Kier alpha value is -0.210. The van der Waals surface area contributed by atoms with Crippen LogP contribution in [-0.4, -0.2) is 0 Å². The quantitative estimate of drug-likeness (QED) is 0.747. The highest BCUT2D eigenvalue weighted by Gasteiger charge is 1.97. The maximum absolute atomic E-state index is 4.42. The Kier molecular flexibility index (Phi) is 4.07. The Labute approximate surface area is 93.6 Å². The van der Waals surface area contributed by atoms with Gasteiger partial charge in [-0.25, -0.2) is 0 Å². The van der Waals surface area contributed by atoms with Crippen LogP contribution in [0.1, 0.15) is 19.4 Å². The van der Waals surface area contributed by atoms with Crippen molar-refractivity contribution in [1.82, 2.24) is 0 Å². The van der Waals surface area contributed by atoms with Crippen molar-refractivity contribution in [3.8, 4) is 0 Å². The summed E-state index contributed by atoms with van der Waals surface area (Å²) in [6.07, 6.45) is 2.10. The maximum Gasteiger partial charge on any atom is 0.0181 e. The summed E-state index contributed by atoms with van der Waals surface area (Å²) in [5, 5.41) is 0. The topological polar surface area (TPSA) is 0 Å². The van der Waals surface area contributed by atoms with Crippen LogP contribution < -0.4 is 0 Å². The first kappa shape index (κ1) is 10.9. The largest absolute Gasteiger partial charge is 0.148 e. The summed E-state index contributed by atoms with van der Waals surface area (Å²) in [6.45, 7) is 4.27. The molecule has 0 fully saturated rings. The second-order valence-electron chi connectivity index (χ2n) is 3.28. The number of halogens is 1. The van der Waals surface area contributed by atoms with Crippen molar-refractivity contribution in [2.75, 3.05) is 0 Å². The Balaban J connectivity index is 2.91. The molecule has 13 heavy (non-hydrogen) atoms. The van der Waals surface area contributed by atoms with Gasteiger partial charge < -0.3 is 0 Å². The molecule has 0 aliphatic carbocycles. The van der Waals surface area contributed by atoms with Crippen LogP contribution >= 0.6 is 28.6 Å². The van der Waals surface area contributed by atoms with Gasteiger partial charge in [0.2, 0.25) is 0 Å². The molecule has 70 valence electrons. The van der Waals surface area contributed by atoms with Gasteiger partial charge in [0.25, 0.3) is 0 Å². The van der Waals surface area contributed by atoms with Crippen LogP contribution in [0.2, 0.25) is 0 Å². The summed E-state index contributed by atoms with van der Waals surface area (Å²) in [4.78, 5) is 1.11. The molecule has 0 N–H and O–H groups in total. The van der Waals surface area contributed by atoms with Crippen molar-refractivity contribution in [3.05, 3.63) is 39.2 Å². The molecule has 1 aromatic carbocycles. The monoisotopic (exact) mass is 256 g/mol. The van der Waals surface area contributed by atoms with E-state index in [0.717, 1.165) is 9.38 Å². The number of hydrogen-bond acceptors (Lipinski definition) is 1.